The van der Waals surface area contributed by atoms with Crippen molar-refractivity contribution in [2.45, 2.75) is 129 Å². The summed E-state index contributed by atoms with van der Waals surface area (Å²) in [5.41, 5.74) is 0. The van der Waals surface area contributed by atoms with E-state index in [-0.39, 0.29) is 24.2 Å². The molecule has 240 valence electrons. The van der Waals surface area contributed by atoms with E-state index in [1.807, 2.05) is 12.1 Å². The Labute approximate surface area is 264 Å². The van der Waals surface area contributed by atoms with Crippen LogP contribution >= 0.6 is 0 Å². The molecule has 2 rings (SSSR count). The van der Waals surface area contributed by atoms with E-state index in [9.17, 15) is 4.79 Å². The molecule has 43 heavy (non-hydrogen) atoms. The zero-order valence-electron chi connectivity index (χ0n) is 27.8. The largest absolute Gasteiger partial charge is 0.457 e. The van der Waals surface area contributed by atoms with E-state index in [2.05, 4.69) is 82.8 Å². The fraction of sp³-hybridized carbons (Fsp3) is 0.605. The highest BCUT2D eigenvalue weighted by atomic mass is 28.4. The Hall–Kier alpha value is -2.21. The van der Waals surface area contributed by atoms with E-state index >= 15 is 0 Å². The van der Waals surface area contributed by atoms with Crippen LogP contribution in [-0.2, 0) is 18.7 Å². The Kier molecular flexibility index (Phi) is 18.5. The lowest BCUT2D eigenvalue weighted by Gasteiger charge is -2.43. The van der Waals surface area contributed by atoms with Crippen LogP contribution in [-0.4, -0.2) is 40.2 Å². The zero-order valence-corrected chi connectivity index (χ0v) is 28.8. The maximum atomic E-state index is 12.9. The molecule has 0 heterocycles. The number of rotatable bonds is 24. The summed E-state index contributed by atoms with van der Waals surface area (Å²) in [7, 11) is -2.74. The van der Waals surface area contributed by atoms with Crippen LogP contribution in [0.15, 0.2) is 73.3 Å². The Balaban J connectivity index is 1.89. The average molecular weight is 609 g/mol. The molecule has 0 aromatic heterocycles. The molecule has 1 unspecified atom stereocenters. The Morgan fingerprint density at radius 1 is 0.744 bits per heavy atom. The number of ether oxygens (including phenoxy) is 2. The van der Waals surface area contributed by atoms with Gasteiger partial charge in [0, 0.05) is 6.42 Å². The third-order valence-corrected chi connectivity index (χ3v) is 13.2. The van der Waals surface area contributed by atoms with E-state index in [0.29, 0.717) is 13.0 Å². The quantitative estimate of drug-likeness (QED) is 0.0516. The van der Waals surface area contributed by atoms with Crippen LogP contribution in [0.3, 0.4) is 0 Å². The fourth-order valence-electron chi connectivity index (χ4n) is 5.91. The monoisotopic (exact) mass is 608 g/mol. The first kappa shape index (κ1) is 37.0. The second-order valence-corrected chi connectivity index (χ2v) is 17.2. The van der Waals surface area contributed by atoms with Crippen molar-refractivity contribution < 1.29 is 18.7 Å². The van der Waals surface area contributed by atoms with E-state index in [1.165, 1.54) is 81.0 Å². The van der Waals surface area contributed by atoms with Crippen LogP contribution < -0.4 is 10.4 Å². The van der Waals surface area contributed by atoms with Gasteiger partial charge < -0.3 is 13.9 Å². The van der Waals surface area contributed by atoms with Crippen molar-refractivity contribution in [3.8, 4) is 0 Å². The van der Waals surface area contributed by atoms with E-state index in [1.54, 1.807) is 6.08 Å². The molecule has 0 N–H and O–H groups in total. The van der Waals surface area contributed by atoms with Crippen molar-refractivity contribution in [1.29, 1.82) is 0 Å². The van der Waals surface area contributed by atoms with Gasteiger partial charge in [0.05, 0.1) is 19.8 Å². The lowest BCUT2D eigenvalue weighted by Crippen LogP contribution is -2.67. The molecule has 0 bridgehead atoms. The number of unbranched alkanes of at least 4 members (excludes halogenated alkanes) is 12. The molecular formula is C38H60O4Si. The highest BCUT2D eigenvalue weighted by Gasteiger charge is 2.50. The highest BCUT2D eigenvalue weighted by molar-refractivity contribution is 6.99. The molecule has 0 saturated carbocycles. The first-order valence-electron chi connectivity index (χ1n) is 17.0. The minimum atomic E-state index is -2.74. The van der Waals surface area contributed by atoms with Crippen molar-refractivity contribution in [1.82, 2.24) is 0 Å². The smallest absolute Gasteiger partial charge is 0.306 e. The second kappa shape index (κ2) is 21.5. The third kappa shape index (κ3) is 13.5. The van der Waals surface area contributed by atoms with Crippen LogP contribution in [0.5, 0.6) is 0 Å². The summed E-state index contributed by atoms with van der Waals surface area (Å²) in [5, 5.41) is 2.26. The first-order valence-corrected chi connectivity index (χ1v) is 18.9. The maximum absolute atomic E-state index is 12.9. The molecule has 5 heteroatoms. The number of carbonyl (C=O) groups excluding carboxylic acids is 1. The molecule has 0 aliphatic heterocycles. The van der Waals surface area contributed by atoms with Crippen LogP contribution in [0.25, 0.3) is 0 Å². The predicted octanol–water partition coefficient (Wildman–Crippen LogP) is 9.16. The molecular weight excluding hydrogens is 549 g/mol. The summed E-state index contributed by atoms with van der Waals surface area (Å²) in [4.78, 5) is 12.9. The van der Waals surface area contributed by atoms with Crippen LogP contribution in [0.1, 0.15) is 118 Å². The molecule has 4 nitrogen and oxygen atoms in total. The molecule has 1 atom stereocenters. The molecule has 0 amide bonds. The molecule has 0 spiro atoms. The van der Waals surface area contributed by atoms with Crippen molar-refractivity contribution in [3.05, 3.63) is 73.3 Å². The Morgan fingerprint density at radius 3 is 1.65 bits per heavy atom. The molecule has 0 aliphatic carbocycles. The average Bonchev–Trinajstić information content (AvgIpc) is 3.00. The van der Waals surface area contributed by atoms with Gasteiger partial charge in [-0.2, -0.15) is 0 Å². The van der Waals surface area contributed by atoms with Gasteiger partial charge in [0.15, 0.2) is 0 Å². The third-order valence-electron chi connectivity index (χ3n) is 8.22. The fourth-order valence-corrected chi connectivity index (χ4v) is 10.5. The topological polar surface area (TPSA) is 44.8 Å². The molecule has 2 aromatic carbocycles. The van der Waals surface area contributed by atoms with E-state index < -0.39 is 14.4 Å². The molecule has 0 radical (unpaired) electrons. The van der Waals surface area contributed by atoms with Gasteiger partial charge in [0.1, 0.15) is 6.10 Å². The van der Waals surface area contributed by atoms with Crippen molar-refractivity contribution in [2.75, 3.05) is 19.8 Å². The summed E-state index contributed by atoms with van der Waals surface area (Å²) in [6, 6.07) is 21.1. The van der Waals surface area contributed by atoms with Gasteiger partial charge in [-0.3, -0.25) is 4.79 Å². The summed E-state index contributed by atoms with van der Waals surface area (Å²) in [5.74, 6) is -0.165. The number of carbonyl (C=O) groups is 1. The predicted molar refractivity (Wildman–Crippen MR) is 185 cm³/mol. The number of benzene rings is 2. The molecule has 0 saturated heterocycles. The van der Waals surface area contributed by atoms with Crippen molar-refractivity contribution in [3.63, 3.8) is 0 Å². The SMILES string of the molecule is C=CCOCC(CO[Si](c1ccccc1)(c1ccccc1)C(C)(C)C)OC(=O)CCCCCCCCCCCCCCC. The normalized spacial score (nSPS) is 12.7. The zero-order chi connectivity index (χ0) is 31.2. The van der Waals surface area contributed by atoms with Gasteiger partial charge in [0.2, 0.25) is 0 Å². The highest BCUT2D eigenvalue weighted by Crippen LogP contribution is 2.37. The minimum Gasteiger partial charge on any atom is -0.457 e. The summed E-state index contributed by atoms with van der Waals surface area (Å²) >= 11 is 0. The maximum Gasteiger partial charge on any atom is 0.306 e. The summed E-state index contributed by atoms with van der Waals surface area (Å²) < 4.78 is 18.8. The molecule has 2 aromatic rings. The van der Waals surface area contributed by atoms with Gasteiger partial charge in [-0.25, -0.2) is 0 Å². The van der Waals surface area contributed by atoms with Gasteiger partial charge >= 0.3 is 5.97 Å². The van der Waals surface area contributed by atoms with E-state index in [0.717, 1.165) is 12.8 Å². The van der Waals surface area contributed by atoms with Gasteiger partial charge in [-0.1, -0.05) is 171 Å². The first-order chi connectivity index (χ1) is 20.8. The number of hydrogen-bond donors (Lipinski definition) is 0. The van der Waals surface area contributed by atoms with Crippen LogP contribution in [0.2, 0.25) is 5.04 Å². The summed E-state index contributed by atoms with van der Waals surface area (Å²) in [6.45, 7) is 13.8. The Morgan fingerprint density at radius 2 is 1.21 bits per heavy atom. The number of esters is 1. The van der Waals surface area contributed by atoms with Crippen molar-refractivity contribution >= 4 is 24.7 Å². The Bertz CT molecular complexity index is 947. The van der Waals surface area contributed by atoms with Crippen LogP contribution in [0, 0.1) is 0 Å². The minimum absolute atomic E-state index is 0.152. The molecule has 0 fully saturated rings. The van der Waals surface area contributed by atoms with Gasteiger partial charge in [-0.15, -0.1) is 6.58 Å². The van der Waals surface area contributed by atoms with Crippen LogP contribution in [0.4, 0.5) is 0 Å². The number of hydrogen-bond acceptors (Lipinski definition) is 4. The lowest BCUT2D eigenvalue weighted by molar-refractivity contribution is -0.154. The van der Waals surface area contributed by atoms with Gasteiger partial charge in [-0.05, 0) is 21.8 Å². The standard InChI is InChI=1S/C38H60O4Si/c1-6-8-9-10-11-12-13-14-15-16-17-18-25-30-37(39)42-34(32-40-31-7-2)33-41-43(38(3,4)5,35-26-21-19-22-27-35)36-28-23-20-24-29-36/h7,19-24,26-29,34H,2,6,8-18,25,30-33H2,1,3-5H3. The molecule has 0 aliphatic rings. The lowest BCUT2D eigenvalue weighted by atomic mass is 10.0. The second-order valence-electron chi connectivity index (χ2n) is 12.9. The van der Waals surface area contributed by atoms with Crippen molar-refractivity contribution in [2.24, 2.45) is 0 Å². The van der Waals surface area contributed by atoms with E-state index in [4.69, 9.17) is 13.9 Å². The van der Waals surface area contributed by atoms with Gasteiger partial charge in [0.25, 0.3) is 8.32 Å². The summed E-state index contributed by atoms with van der Waals surface area (Å²) in [6.07, 6.45) is 18.4.